The SMILES string of the molecule is CN1CCN=C1c1ccc(C(=O)Nc2c(C(=O)Nc3ccc(Cl)cn3)cnn2C)cc1.Cn1ncc(C(=O)Nc2ccc(Cl)cn2)c1NC(=O)c1ccc(C(=N)N2CCCC2)cc1.Cn1ncc(C(=O)Nc2ccc(Cl)cn2)c1NC(=O)c1ccc(C(=N)N2CCCCC2)cc1.Cn1ncc(C(=O)Nc2ccc(Cl)cn2)c1NC(=O)c1ccc(C(=N)N2CCOCC2)cc1. The molecule has 0 spiro atoms. The van der Waals surface area contributed by atoms with E-state index in [0.29, 0.717) is 115 Å². The van der Waals surface area contributed by atoms with Crippen LogP contribution in [0.1, 0.15) is 137 Å². The van der Waals surface area contributed by atoms with Gasteiger partial charge in [-0.2, -0.15) is 20.4 Å². The number of hydrogen-bond acceptors (Lipinski definition) is 22. The molecule has 16 rings (SSSR count). The third kappa shape index (κ3) is 23.8. The minimum absolute atomic E-state index is 0.188. The molecule has 8 amide bonds. The summed E-state index contributed by atoms with van der Waals surface area (Å²) in [5.74, 6) is 1.26. The van der Waals surface area contributed by atoms with Gasteiger partial charge in [0.2, 0.25) is 0 Å². The molecule has 0 bridgehead atoms. The van der Waals surface area contributed by atoms with E-state index in [4.69, 9.17) is 67.4 Å². The number of carbonyl (C=O) groups excluding carboxylic acids is 8. The number of piperidine rings is 1. The van der Waals surface area contributed by atoms with E-state index in [1.54, 1.807) is 162 Å². The zero-order valence-corrected chi connectivity index (χ0v) is 73.4. The van der Waals surface area contributed by atoms with Gasteiger partial charge in [0.05, 0.1) is 64.6 Å². The fourth-order valence-electron chi connectivity index (χ4n) is 13.6. The van der Waals surface area contributed by atoms with Gasteiger partial charge < -0.3 is 66.9 Å². The summed E-state index contributed by atoms with van der Waals surface area (Å²) >= 11 is 23.3. The second-order valence-corrected chi connectivity index (χ2v) is 31.3. The minimum atomic E-state index is -0.470. The quantitative estimate of drug-likeness (QED) is 0.0249. The Labute approximate surface area is 759 Å². The van der Waals surface area contributed by atoms with Crippen LogP contribution < -0.4 is 42.5 Å². The first kappa shape index (κ1) is 91.8. The number of likely N-dealkylation sites (N-methyl/N-ethyl adjacent to an activating group) is 1. The van der Waals surface area contributed by atoms with Crippen LogP contribution in [-0.4, -0.2) is 222 Å². The van der Waals surface area contributed by atoms with Crippen molar-refractivity contribution in [2.45, 2.75) is 32.1 Å². The fourth-order valence-corrected chi connectivity index (χ4v) is 14.1. The number of amides is 8. The van der Waals surface area contributed by atoms with Gasteiger partial charge in [-0.15, -0.1) is 0 Å². The molecule has 0 saturated carbocycles. The first-order valence-electron chi connectivity index (χ1n) is 40.5. The summed E-state index contributed by atoms with van der Waals surface area (Å²) in [6.45, 7) is 7.72. The van der Waals surface area contributed by atoms with Crippen molar-refractivity contribution in [2.24, 2.45) is 33.2 Å². The van der Waals surface area contributed by atoms with Crippen molar-refractivity contribution in [1.29, 1.82) is 16.2 Å². The number of aromatic nitrogens is 12. The molecule has 12 heterocycles. The van der Waals surface area contributed by atoms with Crippen LogP contribution in [0.3, 0.4) is 0 Å². The zero-order chi connectivity index (χ0) is 91.4. The largest absolute Gasteiger partial charge is 0.378 e. The number of aryl methyl sites for hydroxylation is 4. The van der Waals surface area contributed by atoms with E-state index in [-0.39, 0.29) is 63.2 Å². The summed E-state index contributed by atoms with van der Waals surface area (Å²) in [4.78, 5) is 131. The highest BCUT2D eigenvalue weighted by Gasteiger charge is 2.28. The van der Waals surface area contributed by atoms with Crippen molar-refractivity contribution in [1.82, 2.24) is 78.7 Å². The number of aliphatic imine (C=N–C) groups is 1. The van der Waals surface area contributed by atoms with Gasteiger partial charge in [-0.25, -0.2) is 19.9 Å². The van der Waals surface area contributed by atoms with E-state index in [1.807, 2.05) is 29.0 Å². The average molecular weight is 1820 g/mol. The average Bonchev–Trinajstić information content (AvgIpc) is 1.65. The van der Waals surface area contributed by atoms with Gasteiger partial charge >= 0.3 is 0 Å². The number of halogens is 4. The second kappa shape index (κ2) is 42.8. The Hall–Kier alpha value is -14.9. The first-order chi connectivity index (χ1) is 62.2. The first-order valence-corrected chi connectivity index (χ1v) is 42.0. The van der Waals surface area contributed by atoms with Crippen LogP contribution in [-0.2, 0) is 32.9 Å². The van der Waals surface area contributed by atoms with Crippen LogP contribution in [0.4, 0.5) is 46.5 Å². The molecule has 4 aromatic carbocycles. The summed E-state index contributed by atoms with van der Waals surface area (Å²) in [7, 11) is 8.52. The Bertz CT molecular complexity index is 5940. The molecule has 12 aromatic rings. The number of ether oxygens (including phenoxy) is 1. The number of carbonyl (C=O) groups is 8. The van der Waals surface area contributed by atoms with E-state index < -0.39 is 29.5 Å². The topological polar surface area (TPSA) is 462 Å². The van der Waals surface area contributed by atoms with Crippen molar-refractivity contribution in [2.75, 3.05) is 115 Å². The van der Waals surface area contributed by atoms with Crippen LogP contribution in [0.25, 0.3) is 0 Å². The van der Waals surface area contributed by atoms with Crippen molar-refractivity contribution >= 4 is 164 Å². The van der Waals surface area contributed by atoms with Crippen molar-refractivity contribution in [3.8, 4) is 0 Å². The summed E-state index contributed by atoms with van der Waals surface area (Å²) in [5.41, 5.74) is 5.67. The fraction of sp³-hybridized carbons (Fsp3) is 0.227. The molecule has 4 aliphatic heterocycles. The van der Waals surface area contributed by atoms with E-state index in [1.165, 1.54) is 74.7 Å². The van der Waals surface area contributed by atoms with Crippen molar-refractivity contribution < 1.29 is 43.1 Å². The van der Waals surface area contributed by atoms with Crippen LogP contribution in [0.15, 0.2) is 200 Å². The monoisotopic (exact) mass is 1820 g/mol. The maximum absolute atomic E-state index is 12.8. The Morgan fingerprint density at radius 1 is 0.302 bits per heavy atom. The third-order valence-electron chi connectivity index (χ3n) is 20.7. The summed E-state index contributed by atoms with van der Waals surface area (Å²) in [6, 6.07) is 40.5. The molecule has 0 aliphatic carbocycles. The Morgan fingerprint density at radius 2 is 0.558 bits per heavy atom. The highest BCUT2D eigenvalue weighted by atomic mass is 35.5. The lowest BCUT2D eigenvalue weighted by atomic mass is 10.1. The van der Waals surface area contributed by atoms with Gasteiger partial charge in [0, 0.05) is 150 Å². The molecule has 0 unspecified atom stereocenters. The van der Waals surface area contributed by atoms with Crippen LogP contribution in [0, 0.1) is 16.2 Å². The van der Waals surface area contributed by atoms with Gasteiger partial charge in [-0.1, -0.05) is 94.9 Å². The lowest BCUT2D eigenvalue weighted by Crippen LogP contribution is -2.40. The molecule has 4 aliphatic rings. The zero-order valence-electron chi connectivity index (χ0n) is 70.4. The normalized spacial score (nSPS) is 13.3. The lowest BCUT2D eigenvalue weighted by Gasteiger charge is -2.29. The maximum atomic E-state index is 12.8. The smallest absolute Gasteiger partial charge is 0.262 e. The van der Waals surface area contributed by atoms with Gasteiger partial charge in [0.1, 0.15) is 92.1 Å². The maximum Gasteiger partial charge on any atom is 0.262 e. The third-order valence-corrected chi connectivity index (χ3v) is 21.6. The predicted molar refractivity (Wildman–Crippen MR) is 492 cm³/mol. The minimum Gasteiger partial charge on any atom is -0.378 e. The number of hydrogen-bond donors (Lipinski definition) is 11. The number of rotatable bonds is 20. The van der Waals surface area contributed by atoms with E-state index in [9.17, 15) is 38.4 Å². The van der Waals surface area contributed by atoms with Crippen molar-refractivity contribution in [3.63, 3.8) is 0 Å². The highest BCUT2D eigenvalue weighted by molar-refractivity contribution is 6.31. The van der Waals surface area contributed by atoms with Gasteiger partial charge in [0.25, 0.3) is 47.3 Å². The number of likely N-dealkylation sites (tertiary alicyclic amines) is 2. The van der Waals surface area contributed by atoms with E-state index in [2.05, 4.69) is 97.7 Å². The van der Waals surface area contributed by atoms with Crippen LogP contribution >= 0.6 is 46.4 Å². The molecule has 129 heavy (non-hydrogen) atoms. The molecule has 3 fully saturated rings. The number of amidine groups is 4. The highest BCUT2D eigenvalue weighted by Crippen LogP contribution is 2.27. The molecule has 8 aromatic heterocycles. The lowest BCUT2D eigenvalue weighted by molar-refractivity contribution is 0.0680. The number of pyridine rings is 4. The molecule has 41 heteroatoms. The number of anilines is 8. The summed E-state index contributed by atoms with van der Waals surface area (Å²) in [6.07, 6.45) is 16.8. The predicted octanol–water partition coefficient (Wildman–Crippen LogP) is 12.5. The van der Waals surface area contributed by atoms with Crippen LogP contribution in [0.2, 0.25) is 20.1 Å². The Kier molecular flexibility index (Phi) is 30.5. The molecular formula is C88H88Cl4N28O9. The summed E-state index contributed by atoms with van der Waals surface area (Å²) < 4.78 is 11.0. The van der Waals surface area contributed by atoms with E-state index >= 15 is 0 Å². The van der Waals surface area contributed by atoms with E-state index in [0.717, 1.165) is 87.5 Å². The molecule has 3 saturated heterocycles. The van der Waals surface area contributed by atoms with Crippen LogP contribution in [0.5, 0.6) is 0 Å². The molecular weight excluding hydrogens is 1730 g/mol. The standard InChI is InChI=1S/C23H24ClN7O2.C22H22ClN7O3.C22H22ClN7O2.C21H20ClN7O2/c1-30-21(18(14-27-30)23(33)28-19-10-9-17(24)13-26-19)29-22(32)16-7-5-15(6-8-16)20(25)31-11-3-2-4-12-31;1-29-20(17(13-26-29)22(32)27-18-7-6-16(23)12-25-18)28-21(31)15-4-2-14(3-5-15)19(24)30-8-10-33-11-9-30;1-29-20(17(13-26-29)22(32)27-18-9-8-16(23)12-25-18)28-21(31)15-6-4-14(5-7-15)19(24)30-10-2-3-11-30;1-28-10-9-23-18(28)13-3-5-14(6-4-13)20(30)27-19-16(12-25-29(19)2)21(31)26-17-8-7-15(22)11-24-17/h5-10,13-14,25H,2-4,11-12H2,1H3,(H,29,32)(H,26,28,33);2-7,12-13,24H,8-11H2,1H3,(H,28,31)(H,25,27,32);4-9,12-13,24H,2-3,10-11H2,1H3,(H,28,31)(H,25,27,32);3-8,11-12H,9-10H2,1-2H3,(H,27,30)(H,24,26,31). The Morgan fingerprint density at radius 3 is 0.814 bits per heavy atom. The number of morpholine rings is 1. The number of nitrogens with zero attached hydrogens (tertiary/aromatic N) is 17. The van der Waals surface area contributed by atoms with Gasteiger partial charge in [0.15, 0.2) is 0 Å². The second-order valence-electron chi connectivity index (χ2n) is 29.5. The number of nitrogens with one attached hydrogen (secondary N) is 11. The Balaban J connectivity index is 0.000000147. The van der Waals surface area contributed by atoms with Gasteiger partial charge in [-0.3, -0.25) is 78.3 Å². The molecule has 11 N–H and O–H groups in total. The van der Waals surface area contributed by atoms with Crippen molar-refractivity contribution in [3.05, 3.63) is 282 Å². The molecule has 0 radical (unpaired) electrons. The van der Waals surface area contributed by atoms with Gasteiger partial charge in [-0.05, 0) is 129 Å². The number of benzene rings is 4. The molecule has 37 nitrogen and oxygen atoms in total. The molecule has 0 atom stereocenters. The summed E-state index contributed by atoms with van der Waals surface area (Å²) in [5, 5.41) is 65.0. The molecule has 662 valence electrons.